The number of anilines is 1. The summed E-state index contributed by atoms with van der Waals surface area (Å²) >= 11 is 11.0. The van der Waals surface area contributed by atoms with Gasteiger partial charge in [0.25, 0.3) is 11.8 Å². The number of methoxy groups -OCH3 is 2. The van der Waals surface area contributed by atoms with Gasteiger partial charge in [0.2, 0.25) is 5.75 Å². The molecule has 1 N–H and O–H groups in total. The Bertz CT molecular complexity index is 1100. The zero-order chi connectivity index (χ0) is 22.0. The number of nitro benzene ring substituents is 1. The van der Waals surface area contributed by atoms with Crippen LogP contribution in [-0.2, 0) is 9.59 Å². The Labute approximate surface area is 181 Å². The van der Waals surface area contributed by atoms with E-state index in [1.165, 1.54) is 26.4 Å². The van der Waals surface area contributed by atoms with Gasteiger partial charge in [-0.3, -0.25) is 29.9 Å². The Morgan fingerprint density at radius 2 is 1.77 bits per heavy atom. The average Bonchev–Trinajstić information content (AvgIpc) is 2.71. The van der Waals surface area contributed by atoms with Gasteiger partial charge in [0, 0.05) is 22.7 Å². The van der Waals surface area contributed by atoms with E-state index in [2.05, 4.69) is 5.32 Å². The van der Waals surface area contributed by atoms with E-state index in [4.69, 9.17) is 33.3 Å². The highest BCUT2D eigenvalue weighted by atomic mass is 35.5. The molecule has 9 nitrogen and oxygen atoms in total. The largest absolute Gasteiger partial charge is 0.496 e. The summed E-state index contributed by atoms with van der Waals surface area (Å²) in [5, 5.41) is 14.1. The molecule has 1 saturated heterocycles. The number of amides is 2. The van der Waals surface area contributed by atoms with Gasteiger partial charge in [0.1, 0.15) is 11.3 Å². The summed E-state index contributed by atoms with van der Waals surface area (Å²) in [5.74, 6) is -1.29. The molecule has 0 atom stereocenters. The van der Waals surface area contributed by atoms with Crippen molar-refractivity contribution in [2.24, 2.45) is 0 Å². The van der Waals surface area contributed by atoms with E-state index in [1.807, 2.05) is 0 Å². The van der Waals surface area contributed by atoms with Gasteiger partial charge in [-0.25, -0.2) is 0 Å². The lowest BCUT2D eigenvalue weighted by Gasteiger charge is -2.29. The van der Waals surface area contributed by atoms with Crippen molar-refractivity contribution >= 4 is 58.2 Å². The molecule has 0 spiro atoms. The fourth-order valence-corrected chi connectivity index (χ4v) is 3.21. The summed E-state index contributed by atoms with van der Waals surface area (Å²) in [5.41, 5.74) is -0.0874. The van der Waals surface area contributed by atoms with Crippen LogP contribution in [0.25, 0.3) is 6.08 Å². The number of nitrogens with one attached hydrogen (secondary N) is 1. The van der Waals surface area contributed by atoms with Gasteiger partial charge in [0.15, 0.2) is 5.11 Å². The summed E-state index contributed by atoms with van der Waals surface area (Å²) in [4.78, 5) is 37.3. The van der Waals surface area contributed by atoms with Crippen LogP contribution in [0.15, 0.2) is 42.0 Å². The Morgan fingerprint density at radius 3 is 2.33 bits per heavy atom. The predicted octanol–water partition coefficient (Wildman–Crippen LogP) is 3.10. The first kappa shape index (κ1) is 21.2. The molecule has 11 heteroatoms. The molecule has 1 fully saturated rings. The molecule has 2 aromatic carbocycles. The fraction of sp³-hybridized carbons (Fsp3) is 0.105. The smallest absolute Gasteiger partial charge is 0.311 e. The third-order valence-electron chi connectivity index (χ3n) is 4.21. The number of carbonyl (C=O) groups is 2. The van der Waals surface area contributed by atoms with Crippen LogP contribution in [-0.4, -0.2) is 36.1 Å². The van der Waals surface area contributed by atoms with Gasteiger partial charge in [0.05, 0.1) is 24.8 Å². The molecule has 154 valence electrons. The summed E-state index contributed by atoms with van der Waals surface area (Å²) in [6.07, 6.45) is 1.20. The van der Waals surface area contributed by atoms with E-state index >= 15 is 0 Å². The molecular formula is C19H14ClN3O6S. The molecule has 3 rings (SSSR count). The van der Waals surface area contributed by atoms with E-state index in [0.29, 0.717) is 10.7 Å². The van der Waals surface area contributed by atoms with Crippen molar-refractivity contribution in [1.29, 1.82) is 0 Å². The minimum absolute atomic E-state index is 0.0256. The first-order valence-corrected chi connectivity index (χ1v) is 9.13. The Hall–Kier alpha value is -3.50. The number of halogens is 1. The third kappa shape index (κ3) is 3.95. The average molecular weight is 448 g/mol. The highest BCUT2D eigenvalue weighted by Gasteiger charge is 2.35. The Balaban J connectivity index is 2.11. The van der Waals surface area contributed by atoms with Gasteiger partial charge in [-0.15, -0.1) is 0 Å². The minimum atomic E-state index is -0.740. The number of benzene rings is 2. The second kappa shape index (κ2) is 8.47. The van der Waals surface area contributed by atoms with Crippen LogP contribution >= 0.6 is 23.8 Å². The lowest BCUT2D eigenvalue weighted by molar-refractivity contribution is -0.385. The summed E-state index contributed by atoms with van der Waals surface area (Å²) in [6, 6.07) is 8.74. The van der Waals surface area contributed by atoms with Crippen molar-refractivity contribution in [3.05, 3.63) is 62.7 Å². The van der Waals surface area contributed by atoms with Crippen molar-refractivity contribution in [3.8, 4) is 11.5 Å². The molecule has 2 amide bonds. The number of ether oxygens (including phenoxy) is 2. The SMILES string of the molecule is COc1cc(OC)c([N+](=O)[O-])cc1C=C1C(=O)NC(=S)N(c2ccc(Cl)cc2)C1=O. The number of thiocarbonyl (C=S) groups is 1. The number of hydrogen-bond acceptors (Lipinski definition) is 7. The summed E-state index contributed by atoms with van der Waals surface area (Å²) in [7, 11) is 2.63. The van der Waals surface area contributed by atoms with Crippen LogP contribution in [0.3, 0.4) is 0 Å². The number of carbonyl (C=O) groups excluding carboxylic acids is 2. The van der Waals surface area contributed by atoms with E-state index in [0.717, 1.165) is 11.0 Å². The molecule has 1 aliphatic heterocycles. The standard InChI is InChI=1S/C19H14ClN3O6S/c1-28-15-9-16(29-2)14(23(26)27)8-10(15)7-13-17(24)21-19(30)22(18(13)25)12-5-3-11(20)4-6-12/h3-9H,1-2H3,(H,21,24,30). The summed E-state index contributed by atoms with van der Waals surface area (Å²) < 4.78 is 10.2. The zero-order valence-corrected chi connectivity index (χ0v) is 17.2. The molecule has 0 aliphatic carbocycles. The topological polar surface area (TPSA) is 111 Å². The monoisotopic (exact) mass is 447 g/mol. The predicted molar refractivity (Wildman–Crippen MR) is 114 cm³/mol. The lowest BCUT2D eigenvalue weighted by Crippen LogP contribution is -2.54. The van der Waals surface area contributed by atoms with Crippen LogP contribution < -0.4 is 19.7 Å². The maximum absolute atomic E-state index is 13.1. The second-order valence-corrected chi connectivity index (χ2v) is 6.78. The molecule has 0 aromatic heterocycles. The molecule has 1 heterocycles. The molecule has 0 unspecified atom stereocenters. The van der Waals surface area contributed by atoms with Gasteiger partial charge in [-0.2, -0.15) is 0 Å². The number of nitrogens with zero attached hydrogens (tertiary/aromatic N) is 2. The van der Waals surface area contributed by atoms with Crippen molar-refractivity contribution in [1.82, 2.24) is 5.32 Å². The normalized spacial score (nSPS) is 15.2. The third-order valence-corrected chi connectivity index (χ3v) is 4.75. The van der Waals surface area contributed by atoms with E-state index < -0.39 is 16.7 Å². The van der Waals surface area contributed by atoms with E-state index in [-0.39, 0.29) is 33.4 Å². The van der Waals surface area contributed by atoms with Gasteiger partial charge in [-0.05, 0) is 42.6 Å². The molecule has 2 aromatic rings. The molecule has 0 radical (unpaired) electrons. The molecule has 0 saturated carbocycles. The lowest BCUT2D eigenvalue weighted by atomic mass is 10.0. The van der Waals surface area contributed by atoms with Crippen molar-refractivity contribution in [3.63, 3.8) is 0 Å². The Morgan fingerprint density at radius 1 is 1.13 bits per heavy atom. The van der Waals surface area contributed by atoms with E-state index in [9.17, 15) is 19.7 Å². The molecular weight excluding hydrogens is 434 g/mol. The van der Waals surface area contributed by atoms with Crippen molar-refractivity contribution in [2.45, 2.75) is 0 Å². The molecule has 30 heavy (non-hydrogen) atoms. The van der Waals surface area contributed by atoms with Crippen LogP contribution in [0.4, 0.5) is 11.4 Å². The second-order valence-electron chi connectivity index (χ2n) is 5.96. The quantitative estimate of drug-likeness (QED) is 0.246. The zero-order valence-electron chi connectivity index (χ0n) is 15.7. The first-order valence-electron chi connectivity index (χ1n) is 8.34. The van der Waals surface area contributed by atoms with Crippen molar-refractivity contribution < 1.29 is 24.0 Å². The van der Waals surface area contributed by atoms with Crippen molar-refractivity contribution in [2.75, 3.05) is 19.1 Å². The number of rotatable bonds is 5. The van der Waals surface area contributed by atoms with E-state index in [1.54, 1.807) is 24.3 Å². The van der Waals surface area contributed by atoms with Gasteiger partial charge >= 0.3 is 5.69 Å². The van der Waals surface area contributed by atoms with Crippen LogP contribution in [0.2, 0.25) is 5.02 Å². The van der Waals surface area contributed by atoms with Crippen LogP contribution in [0.1, 0.15) is 5.56 Å². The highest BCUT2D eigenvalue weighted by Crippen LogP contribution is 2.36. The fourth-order valence-electron chi connectivity index (χ4n) is 2.80. The minimum Gasteiger partial charge on any atom is -0.496 e. The highest BCUT2D eigenvalue weighted by molar-refractivity contribution is 7.80. The van der Waals surface area contributed by atoms with Crippen LogP contribution in [0, 0.1) is 10.1 Å². The number of hydrogen-bond donors (Lipinski definition) is 1. The summed E-state index contributed by atoms with van der Waals surface area (Å²) in [6.45, 7) is 0. The van der Waals surface area contributed by atoms with Gasteiger partial charge in [-0.1, -0.05) is 11.6 Å². The maximum Gasteiger partial charge on any atom is 0.311 e. The Kier molecular flexibility index (Phi) is 5.99. The molecule has 0 bridgehead atoms. The molecule has 1 aliphatic rings. The van der Waals surface area contributed by atoms with Gasteiger partial charge < -0.3 is 9.47 Å². The first-order chi connectivity index (χ1) is 14.3. The number of nitro groups is 1. The maximum atomic E-state index is 13.1. The van der Waals surface area contributed by atoms with Crippen LogP contribution in [0.5, 0.6) is 11.5 Å².